The molecule has 1 aromatic heterocycles. The zero-order valence-electron chi connectivity index (χ0n) is 10.1. The molecule has 1 saturated heterocycles. The van der Waals surface area contributed by atoms with Gasteiger partial charge < -0.3 is 4.74 Å². The second kappa shape index (κ2) is 4.35. The molecule has 5 heteroatoms. The fraction of sp³-hybridized carbons (Fsp3) is 0.833. The van der Waals surface area contributed by atoms with E-state index in [9.17, 15) is 0 Å². The third-order valence-corrected chi connectivity index (χ3v) is 5.12. The number of nitrogens with zero attached hydrogens (tertiary/aromatic N) is 3. The molecule has 2 aliphatic rings. The molecule has 0 aromatic carbocycles. The molecule has 2 atom stereocenters. The highest BCUT2D eigenvalue weighted by atomic mass is 79.9. The number of aromatic nitrogens is 3. The van der Waals surface area contributed by atoms with Gasteiger partial charge in [-0.2, -0.15) is 0 Å². The van der Waals surface area contributed by atoms with E-state index >= 15 is 0 Å². The lowest BCUT2D eigenvalue weighted by atomic mass is 9.77. The molecule has 1 aromatic rings. The number of ether oxygens (including phenoxy) is 1. The fourth-order valence-corrected chi connectivity index (χ4v) is 3.76. The Balaban J connectivity index is 1.80. The van der Waals surface area contributed by atoms with Crippen molar-refractivity contribution in [3.63, 3.8) is 0 Å². The van der Waals surface area contributed by atoms with Crippen molar-refractivity contribution in [3.05, 3.63) is 11.9 Å². The lowest BCUT2D eigenvalue weighted by molar-refractivity contribution is 0.0409. The van der Waals surface area contributed by atoms with Gasteiger partial charge in [-0.1, -0.05) is 21.1 Å². The standard InChI is InChI=1S/C12H18BrN3O/c1-16-7-10(14-15-16)6-12(8-13)4-5-17-11(12)9-2-3-9/h7,9,11H,2-6,8H2,1H3. The molecule has 3 rings (SSSR count). The maximum absolute atomic E-state index is 5.98. The van der Waals surface area contributed by atoms with E-state index in [1.807, 2.05) is 13.2 Å². The third kappa shape index (κ3) is 2.15. The predicted octanol–water partition coefficient (Wildman–Crippen LogP) is 1.94. The monoisotopic (exact) mass is 299 g/mol. The zero-order chi connectivity index (χ0) is 11.9. The maximum atomic E-state index is 5.98. The lowest BCUT2D eigenvalue weighted by Crippen LogP contribution is -2.36. The van der Waals surface area contributed by atoms with Crippen LogP contribution in [0.25, 0.3) is 0 Å². The van der Waals surface area contributed by atoms with Gasteiger partial charge in [-0.15, -0.1) is 5.10 Å². The van der Waals surface area contributed by atoms with E-state index in [0.29, 0.717) is 6.10 Å². The summed E-state index contributed by atoms with van der Waals surface area (Å²) in [6.07, 6.45) is 7.22. The topological polar surface area (TPSA) is 39.9 Å². The van der Waals surface area contributed by atoms with Crippen molar-refractivity contribution in [2.24, 2.45) is 18.4 Å². The van der Waals surface area contributed by atoms with Crippen LogP contribution in [-0.4, -0.2) is 33.0 Å². The highest BCUT2D eigenvalue weighted by Gasteiger charge is 2.50. The number of hydrogen-bond acceptors (Lipinski definition) is 3. The summed E-state index contributed by atoms with van der Waals surface area (Å²) in [6, 6.07) is 0. The van der Waals surface area contributed by atoms with Crippen LogP contribution in [0, 0.1) is 11.3 Å². The molecule has 4 nitrogen and oxygen atoms in total. The average molecular weight is 300 g/mol. The van der Waals surface area contributed by atoms with Crippen molar-refractivity contribution < 1.29 is 4.74 Å². The molecule has 2 fully saturated rings. The Morgan fingerprint density at radius 1 is 1.59 bits per heavy atom. The van der Waals surface area contributed by atoms with Gasteiger partial charge in [0.05, 0.1) is 11.8 Å². The molecule has 0 amide bonds. The van der Waals surface area contributed by atoms with E-state index in [4.69, 9.17) is 4.74 Å². The number of aryl methyl sites for hydroxylation is 1. The smallest absolute Gasteiger partial charge is 0.0833 e. The van der Waals surface area contributed by atoms with Gasteiger partial charge >= 0.3 is 0 Å². The number of hydrogen-bond donors (Lipinski definition) is 0. The van der Waals surface area contributed by atoms with Gasteiger partial charge in [-0.3, -0.25) is 4.68 Å². The molecule has 2 unspecified atom stereocenters. The molecule has 1 aliphatic heterocycles. The molecular weight excluding hydrogens is 282 g/mol. The molecule has 0 bridgehead atoms. The summed E-state index contributed by atoms with van der Waals surface area (Å²) < 4.78 is 7.75. The normalized spacial score (nSPS) is 33.2. The van der Waals surface area contributed by atoms with Gasteiger partial charge in [0, 0.05) is 37.0 Å². The predicted molar refractivity (Wildman–Crippen MR) is 68.0 cm³/mol. The van der Waals surface area contributed by atoms with E-state index in [1.165, 1.54) is 12.8 Å². The van der Waals surface area contributed by atoms with Gasteiger partial charge in [0.15, 0.2) is 0 Å². The van der Waals surface area contributed by atoms with Crippen molar-refractivity contribution in [1.29, 1.82) is 0 Å². The van der Waals surface area contributed by atoms with E-state index < -0.39 is 0 Å². The largest absolute Gasteiger partial charge is 0.377 e. The van der Waals surface area contributed by atoms with Crippen LogP contribution in [0.2, 0.25) is 0 Å². The van der Waals surface area contributed by atoms with Gasteiger partial charge in [0.1, 0.15) is 0 Å². The van der Waals surface area contributed by atoms with E-state index in [-0.39, 0.29) is 5.41 Å². The quantitative estimate of drug-likeness (QED) is 0.798. The first kappa shape index (κ1) is 11.7. The molecule has 0 radical (unpaired) electrons. The Kier molecular flexibility index (Phi) is 2.99. The van der Waals surface area contributed by atoms with Gasteiger partial charge in [0.2, 0.25) is 0 Å². The first-order valence-electron chi connectivity index (χ1n) is 6.26. The van der Waals surface area contributed by atoms with Crippen molar-refractivity contribution in [2.75, 3.05) is 11.9 Å². The SMILES string of the molecule is Cn1cc(CC2(CBr)CCOC2C2CC2)nn1. The minimum Gasteiger partial charge on any atom is -0.377 e. The van der Waals surface area contributed by atoms with Gasteiger partial charge in [-0.25, -0.2) is 0 Å². The minimum absolute atomic E-state index is 0.233. The molecule has 2 heterocycles. The fourth-order valence-electron chi connectivity index (χ4n) is 2.96. The van der Waals surface area contributed by atoms with Crippen molar-refractivity contribution in [2.45, 2.75) is 31.8 Å². The molecular formula is C12H18BrN3O. The maximum Gasteiger partial charge on any atom is 0.0833 e. The van der Waals surface area contributed by atoms with Crippen LogP contribution >= 0.6 is 15.9 Å². The van der Waals surface area contributed by atoms with Crippen LogP contribution in [0.15, 0.2) is 6.20 Å². The van der Waals surface area contributed by atoms with Crippen LogP contribution in [0.5, 0.6) is 0 Å². The summed E-state index contributed by atoms with van der Waals surface area (Å²) in [6.45, 7) is 0.896. The molecule has 0 N–H and O–H groups in total. The van der Waals surface area contributed by atoms with Crippen molar-refractivity contribution in [3.8, 4) is 0 Å². The summed E-state index contributed by atoms with van der Waals surface area (Å²) in [5, 5.41) is 9.24. The van der Waals surface area contributed by atoms with Crippen molar-refractivity contribution >= 4 is 15.9 Å². The Bertz CT molecular complexity index is 404. The second-order valence-electron chi connectivity index (χ2n) is 5.44. The zero-order valence-corrected chi connectivity index (χ0v) is 11.7. The Labute approximate surface area is 110 Å². The van der Waals surface area contributed by atoms with Crippen LogP contribution in [-0.2, 0) is 18.2 Å². The third-order valence-electron chi connectivity index (χ3n) is 4.00. The van der Waals surface area contributed by atoms with E-state index in [0.717, 1.165) is 36.4 Å². The summed E-state index contributed by atoms with van der Waals surface area (Å²) in [5.74, 6) is 0.784. The highest BCUT2D eigenvalue weighted by molar-refractivity contribution is 9.09. The van der Waals surface area contributed by atoms with E-state index in [1.54, 1.807) is 4.68 Å². The summed E-state index contributed by atoms with van der Waals surface area (Å²) >= 11 is 3.70. The average Bonchev–Trinajstić information content (AvgIpc) is 2.96. The highest BCUT2D eigenvalue weighted by Crippen LogP contribution is 2.50. The lowest BCUT2D eigenvalue weighted by Gasteiger charge is -2.31. The first-order chi connectivity index (χ1) is 8.23. The van der Waals surface area contributed by atoms with E-state index in [2.05, 4.69) is 26.2 Å². The first-order valence-corrected chi connectivity index (χ1v) is 7.38. The number of halogens is 1. The summed E-state index contributed by atoms with van der Waals surface area (Å²) in [7, 11) is 1.92. The van der Waals surface area contributed by atoms with Crippen LogP contribution in [0.3, 0.4) is 0 Å². The van der Waals surface area contributed by atoms with Gasteiger partial charge in [-0.05, 0) is 25.2 Å². The number of alkyl halides is 1. The molecule has 94 valence electrons. The minimum atomic E-state index is 0.233. The summed E-state index contributed by atoms with van der Waals surface area (Å²) in [4.78, 5) is 0. The Hall–Kier alpha value is -0.420. The van der Waals surface area contributed by atoms with Crippen LogP contribution in [0.4, 0.5) is 0 Å². The molecule has 17 heavy (non-hydrogen) atoms. The molecule has 0 spiro atoms. The van der Waals surface area contributed by atoms with Gasteiger partial charge in [0.25, 0.3) is 0 Å². The molecule has 1 aliphatic carbocycles. The van der Waals surface area contributed by atoms with Crippen LogP contribution in [0.1, 0.15) is 25.0 Å². The van der Waals surface area contributed by atoms with Crippen molar-refractivity contribution in [1.82, 2.24) is 15.0 Å². The van der Waals surface area contributed by atoms with Crippen LogP contribution < -0.4 is 0 Å². The Morgan fingerprint density at radius 2 is 2.41 bits per heavy atom. The number of rotatable bonds is 4. The second-order valence-corrected chi connectivity index (χ2v) is 6.00. The Morgan fingerprint density at radius 3 is 3.00 bits per heavy atom. The molecule has 1 saturated carbocycles. The summed E-state index contributed by atoms with van der Waals surface area (Å²) in [5.41, 5.74) is 1.32.